The van der Waals surface area contributed by atoms with Crippen LogP contribution < -0.4 is 15.0 Å². The van der Waals surface area contributed by atoms with Crippen molar-refractivity contribution >= 4 is 27.3 Å². The fraction of sp³-hybridized carbons (Fsp3) is 0.381. The van der Waals surface area contributed by atoms with Crippen LogP contribution in [0.25, 0.3) is 0 Å². The van der Waals surface area contributed by atoms with Crippen molar-refractivity contribution in [2.75, 3.05) is 37.5 Å². The highest BCUT2D eigenvalue weighted by Gasteiger charge is 2.28. The summed E-state index contributed by atoms with van der Waals surface area (Å²) >= 11 is 0. The summed E-state index contributed by atoms with van der Waals surface area (Å²) in [4.78, 5) is 14.8. The second kappa shape index (κ2) is 8.42. The molecule has 0 radical (unpaired) electrons. The van der Waals surface area contributed by atoms with Crippen LogP contribution in [0.5, 0.6) is 5.75 Å². The number of hydrogen-bond donors (Lipinski definition) is 1. The number of ether oxygens (including phenoxy) is 1. The van der Waals surface area contributed by atoms with Gasteiger partial charge < -0.3 is 15.0 Å². The average Bonchev–Trinajstić information content (AvgIpc) is 3.12. The molecule has 0 fully saturated rings. The smallest absolute Gasteiger partial charge is 0.249 e. The maximum Gasteiger partial charge on any atom is 0.249 e. The molecule has 1 unspecified atom stereocenters. The highest BCUT2D eigenvalue weighted by molar-refractivity contribution is 7.89. The summed E-state index contributed by atoms with van der Waals surface area (Å²) in [6, 6.07) is 12.2. The summed E-state index contributed by atoms with van der Waals surface area (Å²) in [5, 5.41) is 3.14. The monoisotopic (exact) mass is 417 g/mol. The molecule has 2 aromatic carbocycles. The van der Waals surface area contributed by atoms with Crippen molar-refractivity contribution in [2.45, 2.75) is 31.2 Å². The number of para-hydroxylation sites is 1. The minimum atomic E-state index is -3.69. The lowest BCUT2D eigenvalue weighted by atomic mass is 10.2. The summed E-state index contributed by atoms with van der Waals surface area (Å²) in [5.74, 6) is 0.236. The Bertz CT molecular complexity index is 1000. The van der Waals surface area contributed by atoms with Gasteiger partial charge in [-0.2, -0.15) is 0 Å². The number of rotatable bonds is 7. The van der Waals surface area contributed by atoms with Gasteiger partial charge in [-0.15, -0.1) is 0 Å². The number of hydrogen-bond acceptors (Lipinski definition) is 5. The predicted octanol–water partition coefficient (Wildman–Crippen LogP) is 2.73. The van der Waals surface area contributed by atoms with E-state index in [1.165, 1.54) is 20.2 Å². The lowest BCUT2D eigenvalue weighted by Gasteiger charge is -2.23. The third-order valence-corrected chi connectivity index (χ3v) is 6.75. The molecule has 0 aromatic heterocycles. The van der Waals surface area contributed by atoms with Crippen LogP contribution in [-0.4, -0.2) is 51.9 Å². The van der Waals surface area contributed by atoms with Crippen LogP contribution in [0.1, 0.15) is 19.4 Å². The number of benzene rings is 2. The largest absolute Gasteiger partial charge is 0.492 e. The van der Waals surface area contributed by atoms with E-state index in [1.807, 2.05) is 24.3 Å². The summed E-state index contributed by atoms with van der Waals surface area (Å²) in [5.41, 5.74) is 2.64. The molecule has 1 amide bonds. The van der Waals surface area contributed by atoms with Gasteiger partial charge in [-0.05, 0) is 50.1 Å². The molecule has 0 saturated heterocycles. The first-order valence-electron chi connectivity index (χ1n) is 9.61. The molecular weight excluding hydrogens is 390 g/mol. The molecule has 0 spiro atoms. The fourth-order valence-electron chi connectivity index (χ4n) is 3.38. The number of sulfonamides is 1. The van der Waals surface area contributed by atoms with Gasteiger partial charge in [-0.3, -0.25) is 4.79 Å². The van der Waals surface area contributed by atoms with E-state index in [2.05, 4.69) is 5.32 Å². The van der Waals surface area contributed by atoms with E-state index in [-0.39, 0.29) is 10.8 Å². The maximum absolute atomic E-state index is 13.0. The van der Waals surface area contributed by atoms with E-state index < -0.39 is 16.1 Å². The number of nitrogens with one attached hydrogen (secondary N) is 1. The van der Waals surface area contributed by atoms with Crippen LogP contribution >= 0.6 is 0 Å². The van der Waals surface area contributed by atoms with Gasteiger partial charge in [0.1, 0.15) is 16.7 Å². The van der Waals surface area contributed by atoms with E-state index in [1.54, 1.807) is 30.9 Å². The molecular formula is C21H27N3O4S. The van der Waals surface area contributed by atoms with Gasteiger partial charge in [0, 0.05) is 32.0 Å². The molecule has 1 heterocycles. The van der Waals surface area contributed by atoms with Crippen molar-refractivity contribution in [1.29, 1.82) is 0 Å². The molecule has 2 aromatic rings. The first kappa shape index (κ1) is 21.1. The number of amides is 1. The van der Waals surface area contributed by atoms with Gasteiger partial charge >= 0.3 is 0 Å². The fourth-order valence-corrected chi connectivity index (χ4v) is 4.43. The molecule has 1 aliphatic heterocycles. The van der Waals surface area contributed by atoms with Crippen LogP contribution in [0.2, 0.25) is 0 Å². The minimum absolute atomic E-state index is 0.0548. The van der Waals surface area contributed by atoms with Crippen LogP contribution in [0.4, 0.5) is 11.4 Å². The topological polar surface area (TPSA) is 79.0 Å². The molecule has 29 heavy (non-hydrogen) atoms. The molecule has 7 nitrogen and oxygen atoms in total. The highest BCUT2D eigenvalue weighted by Crippen LogP contribution is 2.31. The Balaban J connectivity index is 1.84. The molecule has 1 N–H and O–H groups in total. The molecule has 0 bridgehead atoms. The van der Waals surface area contributed by atoms with E-state index in [0.29, 0.717) is 24.6 Å². The zero-order valence-electron chi connectivity index (χ0n) is 17.2. The highest BCUT2D eigenvalue weighted by atomic mass is 32.2. The van der Waals surface area contributed by atoms with Crippen molar-refractivity contribution in [2.24, 2.45) is 0 Å². The van der Waals surface area contributed by atoms with E-state index in [9.17, 15) is 13.2 Å². The third-order valence-electron chi connectivity index (χ3n) is 4.91. The number of fused-ring (bicyclic) bond motifs is 1. The van der Waals surface area contributed by atoms with Crippen molar-refractivity contribution < 1.29 is 17.9 Å². The third kappa shape index (κ3) is 4.23. The maximum atomic E-state index is 13.0. The molecule has 156 valence electrons. The quantitative estimate of drug-likeness (QED) is 0.749. The zero-order chi connectivity index (χ0) is 21.2. The first-order chi connectivity index (χ1) is 13.8. The van der Waals surface area contributed by atoms with E-state index in [0.717, 1.165) is 22.0 Å². The Kier molecular flexibility index (Phi) is 6.14. The van der Waals surface area contributed by atoms with E-state index >= 15 is 0 Å². The normalized spacial score (nSPS) is 14.6. The van der Waals surface area contributed by atoms with Crippen LogP contribution in [-0.2, 0) is 21.2 Å². The van der Waals surface area contributed by atoms with Gasteiger partial charge in [0.25, 0.3) is 0 Å². The van der Waals surface area contributed by atoms with Gasteiger partial charge in [-0.25, -0.2) is 12.7 Å². The molecule has 0 saturated carbocycles. The zero-order valence-corrected chi connectivity index (χ0v) is 18.0. The van der Waals surface area contributed by atoms with Gasteiger partial charge in [0.15, 0.2) is 0 Å². The Hall–Kier alpha value is -2.58. The summed E-state index contributed by atoms with van der Waals surface area (Å²) < 4.78 is 32.0. The first-order valence-corrected chi connectivity index (χ1v) is 11.0. The van der Waals surface area contributed by atoms with Crippen LogP contribution in [0.3, 0.4) is 0 Å². The Morgan fingerprint density at radius 2 is 1.97 bits per heavy atom. The molecule has 1 atom stereocenters. The van der Waals surface area contributed by atoms with Gasteiger partial charge in [0.05, 0.1) is 6.61 Å². The van der Waals surface area contributed by atoms with Crippen molar-refractivity contribution in [3.05, 3.63) is 48.0 Å². The van der Waals surface area contributed by atoms with Crippen LogP contribution in [0, 0.1) is 0 Å². The number of carbonyl (C=O) groups is 1. The molecule has 0 aliphatic carbocycles. The van der Waals surface area contributed by atoms with Crippen molar-refractivity contribution in [3.63, 3.8) is 0 Å². The number of anilines is 2. The van der Waals surface area contributed by atoms with Crippen LogP contribution in [0.15, 0.2) is 47.4 Å². The van der Waals surface area contributed by atoms with Crippen molar-refractivity contribution in [3.8, 4) is 5.75 Å². The lowest BCUT2D eigenvalue weighted by Crippen LogP contribution is -2.40. The summed E-state index contributed by atoms with van der Waals surface area (Å²) in [6.07, 6.45) is 0.836. The molecule has 3 rings (SSSR count). The summed E-state index contributed by atoms with van der Waals surface area (Å²) in [7, 11) is -0.742. The summed E-state index contributed by atoms with van der Waals surface area (Å²) in [6.45, 7) is 4.58. The van der Waals surface area contributed by atoms with Crippen molar-refractivity contribution in [1.82, 2.24) is 4.31 Å². The Labute approximate surface area is 172 Å². The predicted molar refractivity (Wildman–Crippen MR) is 114 cm³/mol. The van der Waals surface area contributed by atoms with Gasteiger partial charge in [-0.1, -0.05) is 18.2 Å². The Morgan fingerprint density at radius 1 is 1.24 bits per heavy atom. The van der Waals surface area contributed by atoms with Gasteiger partial charge in [0.2, 0.25) is 15.9 Å². The molecule has 1 aliphatic rings. The second-order valence-corrected chi connectivity index (χ2v) is 9.24. The SMILES string of the molecule is CCOc1ccc(NC(C)C(=O)N2CCc3ccccc32)cc1S(=O)(=O)N(C)C. The molecule has 8 heteroatoms. The standard InChI is InChI=1S/C21H27N3O4S/c1-5-28-19-11-10-17(14-20(19)29(26,27)23(3)4)22-15(2)21(25)24-13-12-16-8-6-7-9-18(16)24/h6-11,14-15,22H,5,12-13H2,1-4H3. The Morgan fingerprint density at radius 3 is 2.66 bits per heavy atom. The average molecular weight is 418 g/mol. The lowest BCUT2D eigenvalue weighted by molar-refractivity contribution is -0.118. The number of carbonyl (C=O) groups excluding carboxylic acids is 1. The second-order valence-electron chi connectivity index (χ2n) is 7.12. The van der Waals surface area contributed by atoms with E-state index in [4.69, 9.17) is 4.74 Å². The minimum Gasteiger partial charge on any atom is -0.492 e. The number of nitrogens with zero attached hydrogens (tertiary/aromatic N) is 2.